The number of amides is 3. The van der Waals surface area contributed by atoms with Crippen LogP contribution in [0.1, 0.15) is 61.4 Å². The van der Waals surface area contributed by atoms with Crippen LogP contribution < -0.4 is 5.32 Å². The molecule has 1 aromatic rings. The summed E-state index contributed by atoms with van der Waals surface area (Å²) in [7, 11) is 0. The van der Waals surface area contributed by atoms with Crippen molar-refractivity contribution in [3.05, 3.63) is 35.4 Å². The minimum atomic E-state index is -0.117. The second-order valence-corrected chi connectivity index (χ2v) is 6.91. The van der Waals surface area contributed by atoms with Gasteiger partial charge in [-0.25, -0.2) is 0 Å². The minimum Gasteiger partial charge on any atom is -0.349 e. The Hall–Kier alpha value is -2.17. The van der Waals surface area contributed by atoms with E-state index in [2.05, 4.69) is 12.2 Å². The van der Waals surface area contributed by atoms with Crippen molar-refractivity contribution in [2.45, 2.75) is 58.0 Å². The molecule has 2 fully saturated rings. The molecular formula is C19H24N2O3. The van der Waals surface area contributed by atoms with Crippen LogP contribution in [0.25, 0.3) is 0 Å². The van der Waals surface area contributed by atoms with Crippen molar-refractivity contribution < 1.29 is 14.4 Å². The number of nitrogens with one attached hydrogen (secondary N) is 1. The van der Waals surface area contributed by atoms with E-state index in [1.54, 1.807) is 12.1 Å². The summed E-state index contributed by atoms with van der Waals surface area (Å²) in [5.74, 6) is 0.240. The number of imide groups is 1. The first-order valence-corrected chi connectivity index (χ1v) is 8.77. The van der Waals surface area contributed by atoms with Crippen molar-refractivity contribution in [1.82, 2.24) is 10.2 Å². The summed E-state index contributed by atoms with van der Waals surface area (Å²) in [6.45, 7) is 2.48. The van der Waals surface area contributed by atoms with Crippen LogP contribution >= 0.6 is 0 Å². The zero-order chi connectivity index (χ0) is 17.1. The number of benzene rings is 1. The average molecular weight is 328 g/mol. The Kier molecular flexibility index (Phi) is 4.97. The Morgan fingerprint density at radius 2 is 1.71 bits per heavy atom. The largest absolute Gasteiger partial charge is 0.349 e. The van der Waals surface area contributed by atoms with Gasteiger partial charge in [0.1, 0.15) is 0 Å². The van der Waals surface area contributed by atoms with E-state index in [0.29, 0.717) is 30.9 Å². The van der Waals surface area contributed by atoms with Crippen LogP contribution in [-0.2, 0) is 16.1 Å². The van der Waals surface area contributed by atoms with Crippen LogP contribution in [0.15, 0.2) is 24.3 Å². The molecule has 2 aliphatic rings. The number of likely N-dealkylation sites (tertiary alicyclic amines) is 1. The molecule has 2 unspecified atom stereocenters. The summed E-state index contributed by atoms with van der Waals surface area (Å²) < 4.78 is 0. The molecule has 1 saturated carbocycles. The Morgan fingerprint density at radius 1 is 1.08 bits per heavy atom. The summed E-state index contributed by atoms with van der Waals surface area (Å²) in [6, 6.07) is 7.42. The zero-order valence-corrected chi connectivity index (χ0v) is 14.1. The number of rotatable bonds is 4. The third-order valence-electron chi connectivity index (χ3n) is 5.14. The fraction of sp³-hybridized carbons (Fsp3) is 0.526. The number of nitrogens with zero attached hydrogens (tertiary/aromatic N) is 1. The van der Waals surface area contributed by atoms with E-state index in [1.807, 2.05) is 12.1 Å². The lowest BCUT2D eigenvalue weighted by molar-refractivity contribution is -0.139. The van der Waals surface area contributed by atoms with Gasteiger partial charge in [0.15, 0.2) is 0 Å². The Labute approximate surface area is 142 Å². The molecule has 1 heterocycles. The van der Waals surface area contributed by atoms with E-state index in [4.69, 9.17) is 0 Å². The summed E-state index contributed by atoms with van der Waals surface area (Å²) in [5.41, 5.74) is 1.48. The van der Waals surface area contributed by atoms with Crippen LogP contribution in [0, 0.1) is 5.92 Å². The van der Waals surface area contributed by atoms with Crippen LogP contribution in [-0.4, -0.2) is 28.7 Å². The molecule has 2 atom stereocenters. The maximum Gasteiger partial charge on any atom is 0.251 e. The third-order valence-corrected chi connectivity index (χ3v) is 5.14. The summed E-state index contributed by atoms with van der Waals surface area (Å²) in [5, 5.41) is 3.13. The van der Waals surface area contributed by atoms with Crippen molar-refractivity contribution in [2.24, 2.45) is 5.92 Å². The smallest absolute Gasteiger partial charge is 0.251 e. The molecule has 1 saturated heterocycles. The zero-order valence-electron chi connectivity index (χ0n) is 14.1. The second kappa shape index (κ2) is 7.16. The summed E-state index contributed by atoms with van der Waals surface area (Å²) in [6.07, 6.45) is 5.24. The fourth-order valence-electron chi connectivity index (χ4n) is 3.53. The molecule has 1 N–H and O–H groups in total. The van der Waals surface area contributed by atoms with Gasteiger partial charge in [0.2, 0.25) is 11.8 Å². The van der Waals surface area contributed by atoms with Crippen LogP contribution in [0.5, 0.6) is 0 Å². The lowest BCUT2D eigenvalue weighted by atomic mass is 9.86. The van der Waals surface area contributed by atoms with Gasteiger partial charge in [-0.2, -0.15) is 0 Å². The van der Waals surface area contributed by atoms with E-state index in [-0.39, 0.29) is 23.8 Å². The lowest BCUT2D eigenvalue weighted by Crippen LogP contribution is -2.41. The van der Waals surface area contributed by atoms with Crippen molar-refractivity contribution in [3.8, 4) is 0 Å². The average Bonchev–Trinajstić information content (AvgIpc) is 2.89. The Bertz CT molecular complexity index is 623. The SMILES string of the molecule is CC1CCCCC1NC(=O)c1ccc(CN2C(=O)CCC2=O)cc1. The molecule has 0 radical (unpaired) electrons. The van der Waals surface area contributed by atoms with Crippen molar-refractivity contribution in [1.29, 1.82) is 0 Å². The van der Waals surface area contributed by atoms with Gasteiger partial charge in [-0.3, -0.25) is 19.3 Å². The van der Waals surface area contributed by atoms with Gasteiger partial charge in [-0.15, -0.1) is 0 Å². The van der Waals surface area contributed by atoms with Gasteiger partial charge in [-0.05, 0) is 36.5 Å². The third kappa shape index (κ3) is 3.66. The van der Waals surface area contributed by atoms with E-state index in [9.17, 15) is 14.4 Å². The van der Waals surface area contributed by atoms with Gasteiger partial charge in [0, 0.05) is 24.4 Å². The maximum atomic E-state index is 12.4. The number of carbonyl (C=O) groups excluding carboxylic acids is 3. The highest BCUT2D eigenvalue weighted by Crippen LogP contribution is 2.24. The Balaban J connectivity index is 1.60. The van der Waals surface area contributed by atoms with Crippen LogP contribution in [0.4, 0.5) is 0 Å². The van der Waals surface area contributed by atoms with Crippen molar-refractivity contribution >= 4 is 17.7 Å². The fourth-order valence-corrected chi connectivity index (χ4v) is 3.53. The number of hydrogen-bond acceptors (Lipinski definition) is 3. The topological polar surface area (TPSA) is 66.5 Å². The molecule has 128 valence electrons. The first-order valence-electron chi connectivity index (χ1n) is 8.77. The molecule has 24 heavy (non-hydrogen) atoms. The molecule has 1 aromatic carbocycles. The van der Waals surface area contributed by atoms with Crippen molar-refractivity contribution in [2.75, 3.05) is 0 Å². The van der Waals surface area contributed by atoms with E-state index < -0.39 is 0 Å². The Morgan fingerprint density at radius 3 is 2.33 bits per heavy atom. The maximum absolute atomic E-state index is 12.4. The normalized spacial score (nSPS) is 24.3. The molecule has 0 aromatic heterocycles. The van der Waals surface area contributed by atoms with E-state index in [0.717, 1.165) is 12.0 Å². The van der Waals surface area contributed by atoms with Crippen LogP contribution in [0.3, 0.4) is 0 Å². The molecule has 0 spiro atoms. The van der Waals surface area contributed by atoms with E-state index in [1.165, 1.54) is 24.2 Å². The predicted octanol–water partition coefficient (Wildman–Crippen LogP) is 2.64. The first kappa shape index (κ1) is 16.7. The highest BCUT2D eigenvalue weighted by atomic mass is 16.2. The molecular weight excluding hydrogens is 304 g/mol. The van der Waals surface area contributed by atoms with Crippen molar-refractivity contribution in [3.63, 3.8) is 0 Å². The van der Waals surface area contributed by atoms with Gasteiger partial charge in [0.05, 0.1) is 6.54 Å². The molecule has 3 rings (SSSR count). The van der Waals surface area contributed by atoms with Gasteiger partial charge in [-0.1, -0.05) is 31.9 Å². The lowest BCUT2D eigenvalue weighted by Gasteiger charge is -2.29. The quantitative estimate of drug-likeness (QED) is 0.864. The highest BCUT2D eigenvalue weighted by Gasteiger charge is 2.28. The molecule has 0 bridgehead atoms. The summed E-state index contributed by atoms with van der Waals surface area (Å²) >= 11 is 0. The summed E-state index contributed by atoms with van der Waals surface area (Å²) in [4.78, 5) is 37.0. The van der Waals surface area contributed by atoms with Gasteiger partial charge in [0.25, 0.3) is 5.91 Å². The monoisotopic (exact) mass is 328 g/mol. The van der Waals surface area contributed by atoms with Gasteiger partial charge < -0.3 is 5.32 Å². The standard InChI is InChI=1S/C19H24N2O3/c1-13-4-2-3-5-16(13)20-19(24)15-8-6-14(7-9-15)12-21-17(22)10-11-18(21)23/h6-9,13,16H,2-5,10-12H2,1H3,(H,20,24). The molecule has 5 nitrogen and oxygen atoms in total. The highest BCUT2D eigenvalue weighted by molar-refractivity contribution is 6.01. The number of hydrogen-bond donors (Lipinski definition) is 1. The predicted molar refractivity (Wildman–Crippen MR) is 90.1 cm³/mol. The molecule has 3 amide bonds. The second-order valence-electron chi connectivity index (χ2n) is 6.91. The van der Waals surface area contributed by atoms with Gasteiger partial charge >= 0.3 is 0 Å². The minimum absolute atomic E-state index is 0.0476. The first-order chi connectivity index (χ1) is 11.5. The molecule has 1 aliphatic carbocycles. The molecule has 1 aliphatic heterocycles. The molecule has 5 heteroatoms. The van der Waals surface area contributed by atoms with E-state index >= 15 is 0 Å². The number of carbonyl (C=O) groups is 3. The van der Waals surface area contributed by atoms with Crippen LogP contribution in [0.2, 0.25) is 0 Å².